The van der Waals surface area contributed by atoms with Crippen LogP contribution in [0.5, 0.6) is 5.75 Å². The molecule has 0 saturated carbocycles. The second-order valence-electron chi connectivity index (χ2n) is 6.12. The topological polar surface area (TPSA) is 64.9 Å². The SMILES string of the molecule is COC(=O)c1ccc2nc(NCc3ccc(OC)cc3)c3cccn3c2c1. The Morgan fingerprint density at radius 1 is 1.07 bits per heavy atom. The Morgan fingerprint density at radius 3 is 2.63 bits per heavy atom. The smallest absolute Gasteiger partial charge is 0.337 e. The Hall–Kier alpha value is -3.54. The van der Waals surface area contributed by atoms with Gasteiger partial charge in [-0.25, -0.2) is 9.78 Å². The van der Waals surface area contributed by atoms with E-state index in [2.05, 4.69) is 5.32 Å². The van der Waals surface area contributed by atoms with Crippen LogP contribution >= 0.6 is 0 Å². The van der Waals surface area contributed by atoms with Crippen molar-refractivity contribution in [1.29, 1.82) is 0 Å². The molecule has 0 aliphatic rings. The number of ether oxygens (including phenoxy) is 2. The Balaban J connectivity index is 1.69. The maximum absolute atomic E-state index is 11.8. The third kappa shape index (κ3) is 3.17. The van der Waals surface area contributed by atoms with Gasteiger partial charge < -0.3 is 19.2 Å². The molecule has 0 bridgehead atoms. The second kappa shape index (κ2) is 6.99. The molecular weight excluding hydrogens is 342 g/mol. The molecule has 6 nitrogen and oxygen atoms in total. The fourth-order valence-electron chi connectivity index (χ4n) is 3.08. The Bertz CT molecular complexity index is 1120. The number of esters is 1. The fraction of sp³-hybridized carbons (Fsp3) is 0.143. The zero-order chi connectivity index (χ0) is 18.8. The minimum Gasteiger partial charge on any atom is -0.497 e. The second-order valence-corrected chi connectivity index (χ2v) is 6.12. The molecule has 0 aliphatic carbocycles. The van der Waals surface area contributed by atoms with E-state index in [1.165, 1.54) is 7.11 Å². The van der Waals surface area contributed by atoms with Crippen LogP contribution in [-0.2, 0) is 11.3 Å². The van der Waals surface area contributed by atoms with E-state index in [9.17, 15) is 4.79 Å². The van der Waals surface area contributed by atoms with E-state index in [4.69, 9.17) is 14.5 Å². The van der Waals surface area contributed by atoms with Gasteiger partial charge in [0.05, 0.1) is 36.3 Å². The first-order chi connectivity index (χ1) is 13.2. The molecule has 2 heterocycles. The average molecular weight is 361 g/mol. The number of aromatic nitrogens is 2. The van der Waals surface area contributed by atoms with Gasteiger partial charge in [-0.15, -0.1) is 0 Å². The zero-order valence-electron chi connectivity index (χ0n) is 15.1. The highest BCUT2D eigenvalue weighted by atomic mass is 16.5. The van der Waals surface area contributed by atoms with E-state index >= 15 is 0 Å². The van der Waals surface area contributed by atoms with Gasteiger partial charge in [-0.05, 0) is 48.0 Å². The predicted octanol–water partition coefficient (Wildman–Crippen LogP) is 3.89. The summed E-state index contributed by atoms with van der Waals surface area (Å²) in [5.41, 5.74) is 4.22. The number of fused-ring (bicyclic) bond motifs is 3. The normalized spacial score (nSPS) is 10.9. The van der Waals surface area contributed by atoms with Crippen molar-refractivity contribution in [2.45, 2.75) is 6.54 Å². The molecule has 0 amide bonds. The third-order valence-corrected chi connectivity index (χ3v) is 4.50. The molecule has 6 heteroatoms. The molecular formula is C21H19N3O3. The molecule has 2 aromatic carbocycles. The molecule has 0 fully saturated rings. The van der Waals surface area contributed by atoms with Crippen LogP contribution in [0.15, 0.2) is 60.8 Å². The van der Waals surface area contributed by atoms with E-state index in [0.29, 0.717) is 12.1 Å². The van der Waals surface area contributed by atoms with Crippen molar-refractivity contribution in [3.8, 4) is 5.75 Å². The van der Waals surface area contributed by atoms with Crippen LogP contribution in [0.2, 0.25) is 0 Å². The number of methoxy groups -OCH3 is 2. The Kier molecular flexibility index (Phi) is 4.38. The number of nitrogens with zero attached hydrogens (tertiary/aromatic N) is 2. The molecule has 0 atom stereocenters. The molecule has 1 N–H and O–H groups in total. The highest BCUT2D eigenvalue weighted by molar-refractivity contribution is 5.95. The number of benzene rings is 2. The maximum atomic E-state index is 11.8. The summed E-state index contributed by atoms with van der Waals surface area (Å²) in [6, 6.07) is 17.2. The van der Waals surface area contributed by atoms with Crippen LogP contribution < -0.4 is 10.1 Å². The molecule has 2 aromatic heterocycles. The maximum Gasteiger partial charge on any atom is 0.337 e. The van der Waals surface area contributed by atoms with Crippen LogP contribution in [0.3, 0.4) is 0 Å². The van der Waals surface area contributed by atoms with E-state index in [1.807, 2.05) is 53.1 Å². The van der Waals surface area contributed by atoms with Crippen LogP contribution in [-0.4, -0.2) is 29.6 Å². The molecule has 0 saturated heterocycles. The minimum absolute atomic E-state index is 0.362. The Labute approximate surface area is 156 Å². The average Bonchev–Trinajstić information content (AvgIpc) is 3.22. The lowest BCUT2D eigenvalue weighted by Gasteiger charge is -2.12. The first-order valence-electron chi connectivity index (χ1n) is 8.55. The predicted molar refractivity (Wildman–Crippen MR) is 104 cm³/mol. The van der Waals surface area contributed by atoms with Gasteiger partial charge in [0.25, 0.3) is 0 Å². The van der Waals surface area contributed by atoms with Gasteiger partial charge in [-0.2, -0.15) is 0 Å². The molecule has 0 spiro atoms. The number of nitrogens with one attached hydrogen (secondary N) is 1. The summed E-state index contributed by atoms with van der Waals surface area (Å²) in [6.07, 6.45) is 1.96. The minimum atomic E-state index is -0.362. The van der Waals surface area contributed by atoms with Crippen molar-refractivity contribution in [1.82, 2.24) is 9.38 Å². The number of rotatable bonds is 5. The molecule has 0 aliphatic heterocycles. The van der Waals surface area contributed by atoms with Gasteiger partial charge in [-0.1, -0.05) is 12.1 Å². The summed E-state index contributed by atoms with van der Waals surface area (Å²) in [5, 5.41) is 3.40. The number of hydrogen-bond donors (Lipinski definition) is 1. The van der Waals surface area contributed by atoms with Gasteiger partial charge in [0.1, 0.15) is 5.75 Å². The van der Waals surface area contributed by atoms with Crippen molar-refractivity contribution in [2.75, 3.05) is 19.5 Å². The highest BCUT2D eigenvalue weighted by Gasteiger charge is 2.12. The summed E-state index contributed by atoms with van der Waals surface area (Å²) in [6.45, 7) is 0.642. The summed E-state index contributed by atoms with van der Waals surface area (Å²) < 4.78 is 12.0. The molecule has 27 heavy (non-hydrogen) atoms. The van der Waals surface area contributed by atoms with Gasteiger partial charge in [-0.3, -0.25) is 0 Å². The molecule has 4 rings (SSSR count). The third-order valence-electron chi connectivity index (χ3n) is 4.50. The van der Waals surface area contributed by atoms with Crippen molar-refractivity contribution in [3.05, 3.63) is 71.9 Å². The number of carbonyl (C=O) groups excluding carboxylic acids is 1. The molecule has 0 unspecified atom stereocenters. The van der Waals surface area contributed by atoms with Crippen LogP contribution in [0.1, 0.15) is 15.9 Å². The largest absolute Gasteiger partial charge is 0.497 e. The monoisotopic (exact) mass is 361 g/mol. The molecule has 0 radical (unpaired) electrons. The highest BCUT2D eigenvalue weighted by Crippen LogP contribution is 2.24. The van der Waals surface area contributed by atoms with Crippen LogP contribution in [0.4, 0.5) is 5.82 Å². The Morgan fingerprint density at radius 2 is 1.89 bits per heavy atom. The van der Waals surface area contributed by atoms with Gasteiger partial charge >= 0.3 is 5.97 Å². The first kappa shape index (κ1) is 16.9. The zero-order valence-corrected chi connectivity index (χ0v) is 15.1. The van der Waals surface area contributed by atoms with Gasteiger partial charge in [0.2, 0.25) is 0 Å². The number of carbonyl (C=O) groups is 1. The van der Waals surface area contributed by atoms with Crippen LogP contribution in [0, 0.1) is 0 Å². The van der Waals surface area contributed by atoms with Crippen molar-refractivity contribution in [3.63, 3.8) is 0 Å². The molecule has 136 valence electrons. The lowest BCUT2D eigenvalue weighted by Crippen LogP contribution is -2.06. The van der Waals surface area contributed by atoms with Crippen molar-refractivity contribution in [2.24, 2.45) is 0 Å². The van der Waals surface area contributed by atoms with Gasteiger partial charge in [0.15, 0.2) is 5.82 Å². The fourth-order valence-corrected chi connectivity index (χ4v) is 3.08. The summed E-state index contributed by atoms with van der Waals surface area (Å²) in [4.78, 5) is 16.6. The van der Waals surface area contributed by atoms with Crippen LogP contribution in [0.25, 0.3) is 16.6 Å². The lowest BCUT2D eigenvalue weighted by atomic mass is 10.2. The summed E-state index contributed by atoms with van der Waals surface area (Å²) in [5.74, 6) is 1.26. The quantitative estimate of drug-likeness (QED) is 0.546. The van der Waals surface area contributed by atoms with E-state index in [-0.39, 0.29) is 5.97 Å². The lowest BCUT2D eigenvalue weighted by molar-refractivity contribution is 0.0601. The van der Waals surface area contributed by atoms with Crippen molar-refractivity contribution < 1.29 is 14.3 Å². The number of anilines is 1. The standard InChI is InChI=1S/C21H19N3O3/c1-26-16-8-5-14(6-9-16)13-22-20-18-4-3-11-24(18)19-12-15(21(25)27-2)7-10-17(19)23-20/h3-12H,13H2,1-2H3,(H,22,23). The van der Waals surface area contributed by atoms with E-state index in [1.54, 1.807) is 19.2 Å². The summed E-state index contributed by atoms with van der Waals surface area (Å²) in [7, 11) is 3.03. The molecule has 4 aromatic rings. The van der Waals surface area contributed by atoms with E-state index < -0.39 is 0 Å². The number of hydrogen-bond acceptors (Lipinski definition) is 5. The summed E-state index contributed by atoms with van der Waals surface area (Å²) >= 11 is 0. The van der Waals surface area contributed by atoms with Gasteiger partial charge in [0, 0.05) is 12.7 Å². The van der Waals surface area contributed by atoms with Crippen molar-refractivity contribution >= 4 is 28.3 Å². The van der Waals surface area contributed by atoms with E-state index in [0.717, 1.165) is 33.7 Å². The first-order valence-corrected chi connectivity index (χ1v) is 8.55.